The molecule has 2 aromatic carbocycles. The van der Waals surface area contributed by atoms with Crippen LogP contribution in [-0.4, -0.2) is 38.5 Å². The molecule has 3 rings (SSSR count). The molecule has 0 spiro atoms. The summed E-state index contributed by atoms with van der Waals surface area (Å²) in [6.07, 6.45) is -0.608. The van der Waals surface area contributed by atoms with Crippen LogP contribution in [0.2, 0.25) is 18.1 Å². The highest BCUT2D eigenvalue weighted by molar-refractivity contribution is 7.90. The molecule has 7 heteroatoms. The van der Waals surface area contributed by atoms with Crippen molar-refractivity contribution >= 4 is 29.2 Å². The van der Waals surface area contributed by atoms with Gasteiger partial charge in [0.1, 0.15) is 0 Å². The second kappa shape index (κ2) is 8.30. The molecule has 0 aliphatic rings. The third kappa shape index (κ3) is 4.54. The SMILES string of the molecule is CC(C)(C)[Si](C)(C)OC[C@H](O)Cc1cc2ccccc2n1S(=O)(=O)c1ccccc1. The predicted octanol–water partition coefficient (Wildman–Crippen LogP) is 4.80. The molecule has 1 N–H and O–H groups in total. The van der Waals surface area contributed by atoms with Crippen LogP contribution in [0.4, 0.5) is 0 Å². The molecule has 0 aliphatic heterocycles. The number of fused-ring (bicyclic) bond motifs is 1. The van der Waals surface area contributed by atoms with Crippen molar-refractivity contribution < 1.29 is 18.0 Å². The Morgan fingerprint density at radius 3 is 2.27 bits per heavy atom. The summed E-state index contributed by atoms with van der Waals surface area (Å²) in [5.41, 5.74) is 1.15. The molecular weight excluding hydrogens is 414 g/mol. The molecule has 0 radical (unpaired) electrons. The monoisotopic (exact) mass is 445 g/mol. The highest BCUT2D eigenvalue weighted by Gasteiger charge is 2.37. The molecule has 0 fully saturated rings. The zero-order chi connectivity index (χ0) is 22.2. The third-order valence-electron chi connectivity index (χ3n) is 5.91. The molecule has 3 aromatic rings. The van der Waals surface area contributed by atoms with Crippen LogP contribution in [0.25, 0.3) is 10.9 Å². The average molecular weight is 446 g/mol. The Morgan fingerprint density at radius 2 is 1.63 bits per heavy atom. The Kier molecular flexibility index (Phi) is 6.29. The normalized spacial score (nSPS) is 14.2. The van der Waals surface area contributed by atoms with E-state index in [2.05, 4.69) is 33.9 Å². The maximum Gasteiger partial charge on any atom is 0.268 e. The van der Waals surface area contributed by atoms with E-state index in [1.54, 1.807) is 36.4 Å². The summed E-state index contributed by atoms with van der Waals surface area (Å²) >= 11 is 0. The molecule has 162 valence electrons. The first-order valence-corrected chi connectivity index (χ1v) is 14.5. The van der Waals surface area contributed by atoms with Gasteiger partial charge in [-0.2, -0.15) is 0 Å². The largest absolute Gasteiger partial charge is 0.414 e. The zero-order valence-electron chi connectivity index (χ0n) is 18.3. The summed E-state index contributed by atoms with van der Waals surface area (Å²) < 4.78 is 34.3. The van der Waals surface area contributed by atoms with Gasteiger partial charge in [0.25, 0.3) is 10.0 Å². The van der Waals surface area contributed by atoms with E-state index in [9.17, 15) is 13.5 Å². The van der Waals surface area contributed by atoms with Crippen molar-refractivity contribution in [3.63, 3.8) is 0 Å². The van der Waals surface area contributed by atoms with Gasteiger partial charge in [-0.3, -0.25) is 0 Å². The molecule has 0 aliphatic carbocycles. The first-order chi connectivity index (χ1) is 13.9. The van der Waals surface area contributed by atoms with Crippen molar-refractivity contribution in [2.45, 2.75) is 56.3 Å². The number of rotatable bonds is 7. The van der Waals surface area contributed by atoms with Crippen LogP contribution in [0.3, 0.4) is 0 Å². The average Bonchev–Trinajstić information content (AvgIpc) is 3.04. The van der Waals surface area contributed by atoms with Crippen molar-refractivity contribution in [1.82, 2.24) is 3.97 Å². The van der Waals surface area contributed by atoms with E-state index in [1.165, 1.54) is 3.97 Å². The number of hydrogen-bond donors (Lipinski definition) is 1. The maximum atomic E-state index is 13.4. The van der Waals surface area contributed by atoms with Crippen molar-refractivity contribution in [3.05, 3.63) is 66.4 Å². The van der Waals surface area contributed by atoms with Gasteiger partial charge in [-0.1, -0.05) is 57.2 Å². The van der Waals surface area contributed by atoms with E-state index in [0.29, 0.717) is 11.2 Å². The first kappa shape index (κ1) is 22.7. The van der Waals surface area contributed by atoms with Crippen LogP contribution < -0.4 is 0 Å². The molecule has 0 saturated carbocycles. The van der Waals surface area contributed by atoms with Crippen LogP contribution in [0.1, 0.15) is 26.5 Å². The summed E-state index contributed by atoms with van der Waals surface area (Å²) in [5.74, 6) is 0. The van der Waals surface area contributed by atoms with E-state index >= 15 is 0 Å². The zero-order valence-corrected chi connectivity index (χ0v) is 20.1. The third-order valence-corrected chi connectivity index (χ3v) is 12.2. The van der Waals surface area contributed by atoms with Crippen molar-refractivity contribution in [3.8, 4) is 0 Å². The lowest BCUT2D eigenvalue weighted by atomic mass is 10.2. The Bertz CT molecular complexity index is 1120. The number of benzene rings is 2. The molecule has 1 aromatic heterocycles. The van der Waals surface area contributed by atoms with Crippen LogP contribution in [0, 0.1) is 0 Å². The fourth-order valence-electron chi connectivity index (χ4n) is 3.13. The van der Waals surface area contributed by atoms with Gasteiger partial charge in [0.15, 0.2) is 8.32 Å². The number of aromatic nitrogens is 1. The summed E-state index contributed by atoms with van der Waals surface area (Å²) in [7, 11) is -5.80. The van der Waals surface area contributed by atoms with E-state index in [0.717, 1.165) is 5.39 Å². The standard InChI is InChI=1S/C23H31NO4SSi/c1-23(2,3)30(4,5)28-17-20(25)16-19-15-18-11-9-10-14-22(18)24(19)29(26,27)21-12-7-6-8-13-21/h6-15,20,25H,16-17H2,1-5H3/t20-/m1/s1. The molecule has 1 heterocycles. The first-order valence-electron chi connectivity index (χ1n) is 10.2. The fourth-order valence-corrected chi connectivity index (χ4v) is 5.75. The van der Waals surface area contributed by atoms with E-state index < -0.39 is 24.4 Å². The molecule has 0 bridgehead atoms. The van der Waals surface area contributed by atoms with Crippen molar-refractivity contribution in [2.24, 2.45) is 0 Å². The number of hydrogen-bond acceptors (Lipinski definition) is 4. The van der Waals surface area contributed by atoms with Gasteiger partial charge in [0.05, 0.1) is 23.1 Å². The van der Waals surface area contributed by atoms with Crippen LogP contribution in [0.15, 0.2) is 65.6 Å². The Morgan fingerprint density at radius 1 is 1.03 bits per heavy atom. The second-order valence-corrected chi connectivity index (χ2v) is 15.8. The molecule has 1 atom stereocenters. The Balaban J connectivity index is 1.95. The van der Waals surface area contributed by atoms with E-state index in [1.807, 2.05) is 24.3 Å². The minimum atomic E-state index is -3.79. The second-order valence-electron chi connectivity index (χ2n) is 9.21. The molecular formula is C23H31NO4SSi. The summed E-state index contributed by atoms with van der Waals surface area (Å²) in [6.45, 7) is 10.9. The number of aliphatic hydroxyl groups is 1. The molecule has 0 unspecified atom stereocenters. The minimum Gasteiger partial charge on any atom is -0.414 e. The molecule has 0 saturated heterocycles. The van der Waals surface area contributed by atoms with Gasteiger partial charge in [-0.25, -0.2) is 12.4 Å². The lowest BCUT2D eigenvalue weighted by molar-refractivity contribution is 0.0992. The quantitative estimate of drug-likeness (QED) is 0.530. The van der Waals surface area contributed by atoms with Gasteiger partial charge >= 0.3 is 0 Å². The predicted molar refractivity (Wildman–Crippen MR) is 124 cm³/mol. The van der Waals surface area contributed by atoms with Gasteiger partial charge in [0.2, 0.25) is 0 Å². The smallest absolute Gasteiger partial charge is 0.268 e. The topological polar surface area (TPSA) is 68.5 Å². The lowest BCUT2D eigenvalue weighted by Gasteiger charge is -2.36. The molecule has 0 amide bonds. The highest BCUT2D eigenvalue weighted by atomic mass is 32.2. The van der Waals surface area contributed by atoms with Crippen LogP contribution in [0.5, 0.6) is 0 Å². The minimum absolute atomic E-state index is 0.0399. The summed E-state index contributed by atoms with van der Waals surface area (Å²) in [6, 6.07) is 17.6. The van der Waals surface area contributed by atoms with Crippen LogP contribution in [-0.2, 0) is 20.9 Å². The van der Waals surface area contributed by atoms with Crippen molar-refractivity contribution in [2.75, 3.05) is 6.61 Å². The molecule has 5 nitrogen and oxygen atoms in total. The number of para-hydroxylation sites is 1. The summed E-state index contributed by atoms with van der Waals surface area (Å²) in [4.78, 5) is 0.222. The van der Waals surface area contributed by atoms with Crippen molar-refractivity contribution in [1.29, 1.82) is 0 Å². The highest BCUT2D eigenvalue weighted by Crippen LogP contribution is 2.36. The van der Waals surface area contributed by atoms with Crippen LogP contribution >= 0.6 is 0 Å². The molecule has 30 heavy (non-hydrogen) atoms. The fraction of sp³-hybridized carbons (Fsp3) is 0.391. The van der Waals surface area contributed by atoms with Gasteiger partial charge in [-0.05, 0) is 42.4 Å². The summed E-state index contributed by atoms with van der Waals surface area (Å²) in [5, 5.41) is 11.6. The van der Waals surface area contributed by atoms with E-state index in [4.69, 9.17) is 4.43 Å². The van der Waals surface area contributed by atoms with Gasteiger partial charge in [0, 0.05) is 17.5 Å². The number of nitrogens with zero attached hydrogens (tertiary/aromatic N) is 1. The number of aliphatic hydroxyl groups excluding tert-OH is 1. The Labute approximate surface area is 180 Å². The lowest BCUT2D eigenvalue weighted by Crippen LogP contribution is -2.43. The van der Waals surface area contributed by atoms with Gasteiger partial charge < -0.3 is 9.53 Å². The van der Waals surface area contributed by atoms with Gasteiger partial charge in [-0.15, -0.1) is 0 Å². The maximum absolute atomic E-state index is 13.4. The van der Waals surface area contributed by atoms with E-state index in [-0.39, 0.29) is 23.0 Å². The Hall–Kier alpha value is -1.93.